The summed E-state index contributed by atoms with van der Waals surface area (Å²) in [7, 11) is 3.85. The van der Waals surface area contributed by atoms with Crippen molar-refractivity contribution in [1.82, 2.24) is 30.0 Å². The molecule has 69 heavy (non-hydrogen) atoms. The molecular formula is C47H53N15O7. The number of pyridine rings is 2. The zero-order valence-corrected chi connectivity index (χ0v) is 38.1. The van der Waals surface area contributed by atoms with E-state index in [1.54, 1.807) is 72.8 Å². The fourth-order valence-corrected chi connectivity index (χ4v) is 7.61. The Morgan fingerprint density at radius 3 is 2.03 bits per heavy atom. The number of anilines is 4. The van der Waals surface area contributed by atoms with Crippen LogP contribution in [0.1, 0.15) is 41.2 Å². The van der Waals surface area contributed by atoms with Gasteiger partial charge in [-0.2, -0.15) is 0 Å². The molecule has 3 amide bonds. The van der Waals surface area contributed by atoms with E-state index in [9.17, 15) is 24.0 Å². The quantitative estimate of drug-likeness (QED) is 0.0430. The number of nitrogens with zero attached hydrogens (tertiary/aromatic N) is 9. The van der Waals surface area contributed by atoms with Crippen LogP contribution in [0.2, 0.25) is 0 Å². The molecule has 4 heterocycles. The van der Waals surface area contributed by atoms with Crippen molar-refractivity contribution in [1.29, 1.82) is 0 Å². The van der Waals surface area contributed by atoms with E-state index >= 15 is 0 Å². The van der Waals surface area contributed by atoms with Gasteiger partial charge in [-0.15, -0.1) is 20.5 Å². The minimum absolute atomic E-state index is 0.00181. The van der Waals surface area contributed by atoms with Crippen LogP contribution in [0.5, 0.6) is 11.5 Å². The van der Waals surface area contributed by atoms with Crippen LogP contribution in [0, 0.1) is 0 Å². The summed E-state index contributed by atoms with van der Waals surface area (Å²) in [4.78, 5) is 78.3. The van der Waals surface area contributed by atoms with Crippen molar-refractivity contribution < 1.29 is 33.4 Å². The van der Waals surface area contributed by atoms with Gasteiger partial charge in [0, 0.05) is 36.8 Å². The Balaban J connectivity index is 1.03. The van der Waals surface area contributed by atoms with Crippen molar-refractivity contribution >= 4 is 75.7 Å². The highest BCUT2D eigenvalue weighted by atomic mass is 16.5. The van der Waals surface area contributed by atoms with Crippen molar-refractivity contribution in [2.24, 2.45) is 26.2 Å². The molecule has 22 heteroatoms. The van der Waals surface area contributed by atoms with Crippen molar-refractivity contribution in [3.05, 3.63) is 108 Å². The topological polar surface area (TPSA) is 303 Å². The van der Waals surface area contributed by atoms with Crippen molar-refractivity contribution in [2.45, 2.75) is 31.3 Å². The second kappa shape index (κ2) is 23.1. The molecule has 0 bridgehead atoms. The fraction of sp³-hybridized carbons (Fsp3) is 0.298. The number of para-hydroxylation sites is 1. The number of azo groups is 2. The third-order valence-corrected chi connectivity index (χ3v) is 11.3. The van der Waals surface area contributed by atoms with Gasteiger partial charge in [0.05, 0.1) is 19.6 Å². The molecule has 2 fully saturated rings. The molecule has 7 rings (SSSR count). The number of nitrogen functional groups attached to an aromatic ring is 2. The third-order valence-electron chi connectivity index (χ3n) is 11.3. The monoisotopic (exact) mass is 939 g/mol. The predicted octanol–water partition coefficient (Wildman–Crippen LogP) is 5.02. The molecule has 0 radical (unpaired) electrons. The first-order chi connectivity index (χ1) is 33.3. The number of piperidine rings is 1. The molecular weight excluding hydrogens is 887 g/mol. The number of nitrogens with two attached hydrogens (primary N) is 3. The van der Waals surface area contributed by atoms with Gasteiger partial charge in [0.25, 0.3) is 5.91 Å². The van der Waals surface area contributed by atoms with Crippen molar-refractivity contribution in [3.63, 3.8) is 0 Å². The SMILES string of the molecule is CN1CCN(CC(=O)Oc2ccccc2N=Nc2ccc(NC(=O)CNC(=O)c3ccccc3)nc2N)CC1c1cccc(OC(=O)[C@@H]2CCCCN2C)c1N=Nc1ccc(NC(=O)CN)nc1N. The Kier molecular flexibility index (Phi) is 16.4. The molecule has 0 spiro atoms. The summed E-state index contributed by atoms with van der Waals surface area (Å²) in [5, 5.41) is 25.2. The Morgan fingerprint density at radius 2 is 1.33 bits per heavy atom. The number of benzene rings is 3. The van der Waals surface area contributed by atoms with E-state index in [1.165, 1.54) is 18.2 Å². The summed E-state index contributed by atoms with van der Waals surface area (Å²) < 4.78 is 11.9. The Bertz CT molecular complexity index is 2740. The standard InChI is InChI=1S/C47H53N15O7/c1-60-22-9-8-15-34(60)47(67)69-37-17-10-13-30(43(37)59-58-33-19-20-38(54-45(33)50)52-40(63)25-48)35-27-62(24-23-61(35)2)28-42(65)68-36-16-7-6-14-31(36)56-57-32-18-21-39(55-44(32)49)53-41(64)26-51-46(66)29-11-4-3-5-12-29/h3-7,10-14,16-21,34-35H,8-9,15,22-28,48H2,1-2H3,(H,51,66)(H3,49,53,55,64)(H3,50,52,54,63)/t34-,35?/m0/s1. The maximum atomic E-state index is 13.6. The zero-order valence-electron chi connectivity index (χ0n) is 38.1. The number of likely N-dealkylation sites (tertiary alicyclic amines) is 1. The van der Waals surface area contributed by atoms with Crippen LogP contribution in [0.25, 0.3) is 0 Å². The number of rotatable bonds is 16. The highest BCUT2D eigenvalue weighted by Gasteiger charge is 2.32. The fourth-order valence-electron chi connectivity index (χ4n) is 7.61. The number of hydrogen-bond donors (Lipinski definition) is 6. The molecule has 1 unspecified atom stereocenters. The molecule has 9 N–H and O–H groups in total. The maximum Gasteiger partial charge on any atom is 0.328 e. The van der Waals surface area contributed by atoms with Gasteiger partial charge in [-0.1, -0.05) is 48.9 Å². The lowest BCUT2D eigenvalue weighted by molar-refractivity contribution is -0.141. The zero-order chi connectivity index (χ0) is 48.9. The molecule has 0 saturated carbocycles. The van der Waals surface area contributed by atoms with Gasteiger partial charge in [-0.3, -0.25) is 33.9 Å². The molecule has 2 aliphatic heterocycles. The lowest BCUT2D eigenvalue weighted by Crippen LogP contribution is -2.48. The number of piperazine rings is 1. The molecule has 3 aromatic carbocycles. The maximum absolute atomic E-state index is 13.6. The number of esters is 2. The van der Waals surface area contributed by atoms with E-state index in [1.807, 2.05) is 30.0 Å². The van der Waals surface area contributed by atoms with Crippen molar-refractivity contribution in [3.8, 4) is 11.5 Å². The van der Waals surface area contributed by atoms with Gasteiger partial charge in [-0.25, -0.2) is 14.8 Å². The highest BCUT2D eigenvalue weighted by molar-refractivity contribution is 5.99. The van der Waals surface area contributed by atoms with E-state index in [2.05, 4.69) is 51.3 Å². The van der Waals surface area contributed by atoms with Gasteiger partial charge in [0.2, 0.25) is 11.8 Å². The lowest BCUT2D eigenvalue weighted by Gasteiger charge is -2.39. The molecule has 2 saturated heterocycles. The summed E-state index contributed by atoms with van der Waals surface area (Å²) in [6.07, 6.45) is 2.55. The van der Waals surface area contributed by atoms with Crippen LogP contribution < -0.4 is 42.6 Å². The summed E-state index contributed by atoms with van der Waals surface area (Å²) in [6, 6.07) is 25.8. The second-order valence-electron chi connectivity index (χ2n) is 16.2. The van der Waals surface area contributed by atoms with Gasteiger partial charge in [-0.05, 0) is 88.1 Å². The molecule has 22 nitrogen and oxygen atoms in total. The first-order valence-corrected chi connectivity index (χ1v) is 22.1. The summed E-state index contributed by atoms with van der Waals surface area (Å²) in [6.45, 7) is 1.63. The lowest BCUT2D eigenvalue weighted by atomic mass is 10.00. The molecule has 2 atom stereocenters. The third kappa shape index (κ3) is 13.1. The second-order valence-corrected chi connectivity index (χ2v) is 16.2. The summed E-state index contributed by atoms with van der Waals surface area (Å²) >= 11 is 0. The van der Waals surface area contributed by atoms with E-state index in [0.29, 0.717) is 42.9 Å². The van der Waals surface area contributed by atoms with E-state index < -0.39 is 35.7 Å². The predicted molar refractivity (Wildman–Crippen MR) is 257 cm³/mol. The Hall–Kier alpha value is -8.05. The van der Waals surface area contributed by atoms with Crippen LogP contribution in [0.3, 0.4) is 0 Å². The van der Waals surface area contributed by atoms with Gasteiger partial charge < -0.3 is 42.6 Å². The van der Waals surface area contributed by atoms with Crippen LogP contribution in [0.15, 0.2) is 118 Å². The molecule has 2 aromatic heterocycles. The first kappa shape index (κ1) is 48.9. The summed E-state index contributed by atoms with van der Waals surface area (Å²) in [5.74, 6) is -1.62. The highest BCUT2D eigenvalue weighted by Crippen LogP contribution is 2.41. The first-order valence-electron chi connectivity index (χ1n) is 22.1. The minimum Gasteiger partial charge on any atom is -0.423 e. The Morgan fingerprint density at radius 1 is 0.681 bits per heavy atom. The number of nitrogens with one attached hydrogen (secondary N) is 3. The number of carbonyl (C=O) groups is 5. The summed E-state index contributed by atoms with van der Waals surface area (Å²) in [5.41, 5.74) is 19.9. The number of hydrogen-bond acceptors (Lipinski definition) is 19. The molecule has 2 aliphatic rings. The van der Waals surface area contributed by atoms with Gasteiger partial charge in [0.1, 0.15) is 40.4 Å². The van der Waals surface area contributed by atoms with E-state index in [-0.39, 0.29) is 77.5 Å². The number of likely N-dealkylation sites (N-methyl/N-ethyl adjacent to an activating group) is 2. The van der Waals surface area contributed by atoms with Crippen LogP contribution in [-0.2, 0) is 19.2 Å². The smallest absolute Gasteiger partial charge is 0.328 e. The average Bonchev–Trinajstić information content (AvgIpc) is 3.34. The van der Waals surface area contributed by atoms with E-state index in [0.717, 1.165) is 19.4 Å². The molecule has 5 aromatic rings. The Labute approximate surface area is 397 Å². The largest absolute Gasteiger partial charge is 0.423 e. The number of amides is 3. The average molecular weight is 940 g/mol. The number of ether oxygens (including phenoxy) is 2. The number of aromatic nitrogens is 2. The van der Waals surface area contributed by atoms with Crippen LogP contribution in [-0.4, -0.2) is 120 Å². The van der Waals surface area contributed by atoms with E-state index in [4.69, 9.17) is 26.7 Å². The van der Waals surface area contributed by atoms with Crippen molar-refractivity contribution in [2.75, 3.05) is 82.0 Å². The van der Waals surface area contributed by atoms with Crippen LogP contribution >= 0.6 is 0 Å². The van der Waals surface area contributed by atoms with Gasteiger partial charge in [0.15, 0.2) is 23.1 Å². The van der Waals surface area contributed by atoms with Crippen LogP contribution in [0.4, 0.5) is 46.0 Å². The molecule has 0 aliphatic carbocycles. The van der Waals surface area contributed by atoms with Gasteiger partial charge >= 0.3 is 11.9 Å². The normalized spacial score (nSPS) is 16.8. The number of carbonyl (C=O) groups excluding carboxylic acids is 5. The molecule has 358 valence electrons. The minimum atomic E-state index is -0.546.